The number of rotatable bonds is 3. The fourth-order valence-corrected chi connectivity index (χ4v) is 3.30. The fraction of sp³-hybridized carbons (Fsp3) is 0.556. The third kappa shape index (κ3) is 3.47. The zero-order valence-electron chi connectivity index (χ0n) is 14.3. The number of urea groups is 1. The minimum atomic E-state index is -0.421. The van der Waals surface area contributed by atoms with E-state index in [0.717, 1.165) is 12.0 Å². The summed E-state index contributed by atoms with van der Waals surface area (Å²) in [7, 11) is 0. The SMILES string of the molecule is CCc1ccc([C@H](C)NC(=O)N2CCC3(CC2)CNC(=O)O3)cc1. The van der Waals surface area contributed by atoms with E-state index < -0.39 is 5.60 Å². The van der Waals surface area contributed by atoms with Gasteiger partial charge >= 0.3 is 12.1 Å². The molecule has 2 aliphatic heterocycles. The highest BCUT2D eigenvalue weighted by Crippen LogP contribution is 2.29. The van der Waals surface area contributed by atoms with Gasteiger partial charge in [-0.1, -0.05) is 31.2 Å². The number of likely N-dealkylation sites (tertiary alicyclic amines) is 1. The average molecular weight is 331 g/mol. The zero-order chi connectivity index (χ0) is 17.2. The van der Waals surface area contributed by atoms with Crippen LogP contribution in [0.15, 0.2) is 24.3 Å². The van der Waals surface area contributed by atoms with Crippen molar-refractivity contribution >= 4 is 12.1 Å². The van der Waals surface area contributed by atoms with E-state index in [-0.39, 0.29) is 18.2 Å². The van der Waals surface area contributed by atoms with E-state index in [1.807, 2.05) is 6.92 Å². The van der Waals surface area contributed by atoms with Gasteiger partial charge in [0.15, 0.2) is 0 Å². The Labute approximate surface area is 142 Å². The molecule has 1 aromatic rings. The van der Waals surface area contributed by atoms with Crippen molar-refractivity contribution < 1.29 is 14.3 Å². The van der Waals surface area contributed by atoms with Crippen molar-refractivity contribution in [1.82, 2.24) is 15.5 Å². The van der Waals surface area contributed by atoms with Crippen LogP contribution in [0.3, 0.4) is 0 Å². The fourth-order valence-electron chi connectivity index (χ4n) is 3.30. The van der Waals surface area contributed by atoms with Crippen molar-refractivity contribution in [3.63, 3.8) is 0 Å². The van der Waals surface area contributed by atoms with Crippen LogP contribution >= 0.6 is 0 Å². The summed E-state index contributed by atoms with van der Waals surface area (Å²) in [4.78, 5) is 25.5. The summed E-state index contributed by atoms with van der Waals surface area (Å²) >= 11 is 0. The van der Waals surface area contributed by atoms with Gasteiger partial charge in [-0.05, 0) is 24.5 Å². The van der Waals surface area contributed by atoms with Crippen LogP contribution in [0.25, 0.3) is 0 Å². The molecule has 0 aliphatic carbocycles. The predicted molar refractivity (Wildman–Crippen MR) is 90.8 cm³/mol. The molecular formula is C18H25N3O3. The topological polar surface area (TPSA) is 70.7 Å². The molecule has 2 saturated heterocycles. The first kappa shape index (κ1) is 16.6. The highest BCUT2D eigenvalue weighted by atomic mass is 16.6. The van der Waals surface area contributed by atoms with Crippen LogP contribution in [0.2, 0.25) is 0 Å². The maximum Gasteiger partial charge on any atom is 0.407 e. The molecule has 1 atom stereocenters. The summed E-state index contributed by atoms with van der Waals surface area (Å²) in [6, 6.07) is 8.24. The molecule has 0 saturated carbocycles. The summed E-state index contributed by atoms with van der Waals surface area (Å²) in [6.07, 6.45) is 2.02. The molecular weight excluding hydrogens is 306 g/mol. The number of carbonyl (C=O) groups is 2. The predicted octanol–water partition coefficient (Wildman–Crippen LogP) is 2.59. The lowest BCUT2D eigenvalue weighted by atomic mass is 9.92. The van der Waals surface area contributed by atoms with E-state index >= 15 is 0 Å². The molecule has 3 amide bonds. The van der Waals surface area contributed by atoms with Crippen molar-refractivity contribution in [3.05, 3.63) is 35.4 Å². The molecule has 1 aromatic carbocycles. The summed E-state index contributed by atoms with van der Waals surface area (Å²) in [6.45, 7) is 5.86. The lowest BCUT2D eigenvalue weighted by Gasteiger charge is -2.37. The van der Waals surface area contributed by atoms with E-state index in [2.05, 4.69) is 41.8 Å². The third-order valence-corrected chi connectivity index (χ3v) is 5.05. The summed E-state index contributed by atoms with van der Waals surface area (Å²) < 4.78 is 5.38. The normalized spacial score (nSPS) is 20.4. The molecule has 2 aliphatic rings. The second kappa shape index (κ2) is 6.71. The smallest absolute Gasteiger partial charge is 0.407 e. The van der Waals surface area contributed by atoms with Gasteiger partial charge in [-0.3, -0.25) is 0 Å². The number of alkyl carbamates (subject to hydrolysis) is 1. The van der Waals surface area contributed by atoms with E-state index in [0.29, 0.717) is 32.5 Å². The average Bonchev–Trinajstić information content (AvgIpc) is 2.95. The molecule has 0 bridgehead atoms. The number of piperidine rings is 1. The van der Waals surface area contributed by atoms with Crippen LogP contribution in [0.4, 0.5) is 9.59 Å². The number of hydrogen-bond acceptors (Lipinski definition) is 3. The Kier molecular flexibility index (Phi) is 4.64. The molecule has 0 radical (unpaired) electrons. The first-order valence-electron chi connectivity index (χ1n) is 8.62. The van der Waals surface area contributed by atoms with Crippen molar-refractivity contribution in [1.29, 1.82) is 0 Å². The number of nitrogens with one attached hydrogen (secondary N) is 2. The maximum atomic E-state index is 12.5. The molecule has 130 valence electrons. The quantitative estimate of drug-likeness (QED) is 0.894. The Morgan fingerprint density at radius 2 is 2.00 bits per heavy atom. The second-order valence-corrected chi connectivity index (χ2v) is 6.68. The molecule has 24 heavy (non-hydrogen) atoms. The highest BCUT2D eigenvalue weighted by Gasteiger charge is 2.43. The van der Waals surface area contributed by atoms with Gasteiger partial charge < -0.3 is 20.3 Å². The Morgan fingerprint density at radius 3 is 2.54 bits per heavy atom. The summed E-state index contributed by atoms with van der Waals surface area (Å²) in [5.41, 5.74) is 1.97. The first-order valence-corrected chi connectivity index (χ1v) is 8.62. The molecule has 2 fully saturated rings. The van der Waals surface area contributed by atoms with Crippen LogP contribution in [0.5, 0.6) is 0 Å². The highest BCUT2D eigenvalue weighted by molar-refractivity contribution is 5.75. The number of amides is 3. The van der Waals surface area contributed by atoms with Crippen LogP contribution in [0.1, 0.15) is 43.9 Å². The standard InChI is InChI=1S/C18H25N3O3/c1-3-14-4-6-15(7-5-14)13(2)20-16(22)21-10-8-18(9-11-21)12-19-17(23)24-18/h4-7,13H,3,8-12H2,1-2H3,(H,19,23)(H,20,22)/t13-/m0/s1. The Balaban J connectivity index is 1.52. The van der Waals surface area contributed by atoms with Gasteiger partial charge in [0.25, 0.3) is 0 Å². The van der Waals surface area contributed by atoms with Gasteiger partial charge in [0.2, 0.25) is 0 Å². The van der Waals surface area contributed by atoms with Crippen LogP contribution < -0.4 is 10.6 Å². The van der Waals surface area contributed by atoms with Gasteiger partial charge in [-0.2, -0.15) is 0 Å². The molecule has 6 nitrogen and oxygen atoms in total. The van der Waals surface area contributed by atoms with Crippen molar-refractivity contribution in [2.45, 2.75) is 44.8 Å². The number of ether oxygens (including phenoxy) is 1. The molecule has 2 N–H and O–H groups in total. The first-order chi connectivity index (χ1) is 11.5. The van der Waals surface area contributed by atoms with Crippen LogP contribution in [0, 0.1) is 0 Å². The maximum absolute atomic E-state index is 12.5. The number of hydrogen-bond donors (Lipinski definition) is 2. The summed E-state index contributed by atoms with van der Waals surface area (Å²) in [5.74, 6) is 0. The van der Waals surface area contributed by atoms with Crippen molar-refractivity contribution in [3.8, 4) is 0 Å². The second-order valence-electron chi connectivity index (χ2n) is 6.68. The van der Waals surface area contributed by atoms with Gasteiger partial charge in [0.1, 0.15) is 5.60 Å². The van der Waals surface area contributed by atoms with Gasteiger partial charge in [-0.15, -0.1) is 0 Å². The van der Waals surface area contributed by atoms with Crippen molar-refractivity contribution in [2.24, 2.45) is 0 Å². The Bertz CT molecular complexity index is 606. The van der Waals surface area contributed by atoms with Gasteiger partial charge in [0.05, 0.1) is 12.6 Å². The molecule has 1 spiro atoms. The minimum Gasteiger partial charge on any atom is -0.441 e. The van der Waals surface area contributed by atoms with Gasteiger partial charge in [-0.25, -0.2) is 9.59 Å². The van der Waals surface area contributed by atoms with Crippen molar-refractivity contribution in [2.75, 3.05) is 19.6 Å². The lowest BCUT2D eigenvalue weighted by Crippen LogP contribution is -2.51. The van der Waals surface area contributed by atoms with E-state index in [9.17, 15) is 9.59 Å². The van der Waals surface area contributed by atoms with E-state index in [4.69, 9.17) is 4.74 Å². The Morgan fingerprint density at radius 1 is 1.33 bits per heavy atom. The molecule has 0 aromatic heterocycles. The van der Waals surface area contributed by atoms with E-state index in [1.54, 1.807) is 4.90 Å². The third-order valence-electron chi connectivity index (χ3n) is 5.05. The molecule has 6 heteroatoms. The van der Waals surface area contributed by atoms with Crippen LogP contribution in [-0.2, 0) is 11.2 Å². The summed E-state index contributed by atoms with van der Waals surface area (Å²) in [5, 5.41) is 5.76. The molecule has 0 unspecified atom stereocenters. The zero-order valence-corrected chi connectivity index (χ0v) is 14.3. The Hall–Kier alpha value is -2.24. The molecule has 2 heterocycles. The molecule has 3 rings (SSSR count). The minimum absolute atomic E-state index is 0.0368. The lowest BCUT2D eigenvalue weighted by molar-refractivity contribution is 0.00959. The monoisotopic (exact) mass is 331 g/mol. The van der Waals surface area contributed by atoms with Gasteiger partial charge in [0, 0.05) is 25.9 Å². The number of aryl methyl sites for hydroxylation is 1. The number of carbonyl (C=O) groups excluding carboxylic acids is 2. The van der Waals surface area contributed by atoms with E-state index in [1.165, 1.54) is 5.56 Å². The van der Waals surface area contributed by atoms with Crippen LogP contribution in [-0.4, -0.2) is 42.3 Å². The number of benzene rings is 1. The number of nitrogens with zero attached hydrogens (tertiary/aromatic N) is 1. The largest absolute Gasteiger partial charge is 0.441 e.